The van der Waals surface area contributed by atoms with Crippen molar-refractivity contribution in [3.05, 3.63) is 89.0 Å². The SMILES string of the molecule is Cc1nc2nc(-c3ccc(-c4cc(O)ccc4O)cc3)cc(-c3ccc(O)cc3)c2c(=O)[nH]1. The van der Waals surface area contributed by atoms with Gasteiger partial charge < -0.3 is 20.3 Å². The Morgan fingerprint density at radius 2 is 1.30 bits per heavy atom. The van der Waals surface area contributed by atoms with Crippen molar-refractivity contribution < 1.29 is 15.3 Å². The van der Waals surface area contributed by atoms with Crippen LogP contribution in [-0.4, -0.2) is 30.3 Å². The molecule has 162 valence electrons. The molecular weight excluding hydrogens is 418 g/mol. The van der Waals surface area contributed by atoms with Crippen molar-refractivity contribution in [2.24, 2.45) is 0 Å². The number of benzene rings is 3. The van der Waals surface area contributed by atoms with E-state index in [0.717, 1.165) is 16.7 Å². The number of aromatic nitrogens is 3. The minimum atomic E-state index is -0.283. The van der Waals surface area contributed by atoms with Crippen LogP contribution in [0.2, 0.25) is 0 Å². The van der Waals surface area contributed by atoms with Crippen LogP contribution in [0.4, 0.5) is 0 Å². The summed E-state index contributed by atoms with van der Waals surface area (Å²) in [5, 5.41) is 29.9. The van der Waals surface area contributed by atoms with E-state index in [1.807, 2.05) is 30.3 Å². The third-order valence-corrected chi connectivity index (χ3v) is 5.45. The normalized spacial score (nSPS) is 11.1. The molecular formula is C26H19N3O4. The number of rotatable bonds is 3. The monoisotopic (exact) mass is 437 g/mol. The third kappa shape index (κ3) is 3.76. The molecule has 0 aliphatic carbocycles. The van der Waals surface area contributed by atoms with E-state index in [1.165, 1.54) is 18.2 Å². The summed E-state index contributed by atoms with van der Waals surface area (Å²) < 4.78 is 0. The summed E-state index contributed by atoms with van der Waals surface area (Å²) >= 11 is 0. The lowest BCUT2D eigenvalue weighted by Crippen LogP contribution is -2.12. The summed E-state index contributed by atoms with van der Waals surface area (Å²) in [6.45, 7) is 1.70. The van der Waals surface area contributed by atoms with Gasteiger partial charge in [0.05, 0.1) is 11.1 Å². The molecule has 0 radical (unpaired) electrons. The lowest BCUT2D eigenvalue weighted by molar-refractivity contribution is 0.462. The van der Waals surface area contributed by atoms with E-state index in [-0.39, 0.29) is 22.8 Å². The molecule has 33 heavy (non-hydrogen) atoms. The van der Waals surface area contributed by atoms with E-state index in [2.05, 4.69) is 15.0 Å². The zero-order valence-electron chi connectivity index (χ0n) is 17.6. The van der Waals surface area contributed by atoms with E-state index in [1.54, 1.807) is 31.2 Å². The highest BCUT2D eigenvalue weighted by Gasteiger charge is 2.15. The molecule has 2 heterocycles. The van der Waals surface area contributed by atoms with Crippen molar-refractivity contribution >= 4 is 11.0 Å². The zero-order chi connectivity index (χ0) is 23.1. The molecule has 0 unspecified atom stereocenters. The van der Waals surface area contributed by atoms with Crippen LogP contribution in [0.1, 0.15) is 5.82 Å². The summed E-state index contributed by atoms with van der Waals surface area (Å²) in [7, 11) is 0. The highest BCUT2D eigenvalue weighted by molar-refractivity contribution is 5.94. The molecule has 0 saturated carbocycles. The van der Waals surface area contributed by atoms with Crippen molar-refractivity contribution in [1.29, 1.82) is 0 Å². The second-order valence-corrected chi connectivity index (χ2v) is 7.73. The average molecular weight is 437 g/mol. The number of nitrogens with zero attached hydrogens (tertiary/aromatic N) is 2. The molecule has 5 rings (SSSR count). The summed E-state index contributed by atoms with van der Waals surface area (Å²) in [6, 6.07) is 20.2. The smallest absolute Gasteiger partial charge is 0.261 e. The first kappa shape index (κ1) is 20.3. The lowest BCUT2D eigenvalue weighted by atomic mass is 9.98. The Kier molecular flexibility index (Phi) is 4.79. The van der Waals surface area contributed by atoms with Crippen molar-refractivity contribution in [2.75, 3.05) is 0 Å². The summed E-state index contributed by atoms with van der Waals surface area (Å²) in [5.41, 5.74) is 4.10. The minimum absolute atomic E-state index is 0.0632. The molecule has 0 spiro atoms. The van der Waals surface area contributed by atoms with Crippen LogP contribution in [0.3, 0.4) is 0 Å². The summed E-state index contributed by atoms with van der Waals surface area (Å²) in [6.07, 6.45) is 0. The third-order valence-electron chi connectivity index (χ3n) is 5.45. The van der Waals surface area contributed by atoms with Crippen molar-refractivity contribution in [3.8, 4) is 50.8 Å². The van der Waals surface area contributed by atoms with Gasteiger partial charge in [-0.05, 0) is 54.4 Å². The number of fused-ring (bicyclic) bond motifs is 1. The quantitative estimate of drug-likeness (QED) is 0.303. The maximum Gasteiger partial charge on any atom is 0.261 e. The molecule has 0 fully saturated rings. The van der Waals surface area contributed by atoms with Crippen LogP contribution in [0, 0.1) is 6.92 Å². The van der Waals surface area contributed by atoms with E-state index in [0.29, 0.717) is 33.7 Å². The number of nitrogens with one attached hydrogen (secondary N) is 1. The van der Waals surface area contributed by atoms with Crippen molar-refractivity contribution in [2.45, 2.75) is 6.92 Å². The standard InChI is InChI=1S/C26H19N3O4/c1-14-27-25-24(26(33)28-14)21(16-6-8-18(30)9-7-16)13-22(29-25)17-4-2-15(3-5-17)20-12-19(31)10-11-23(20)32/h2-13,30-32H,1H3,(H,27,28,29,33). The predicted octanol–water partition coefficient (Wildman–Crippen LogP) is 4.74. The molecule has 7 heteroatoms. The first-order chi connectivity index (χ1) is 15.9. The molecule has 3 aromatic carbocycles. The van der Waals surface area contributed by atoms with Crippen LogP contribution in [0.15, 0.2) is 77.6 Å². The van der Waals surface area contributed by atoms with Gasteiger partial charge in [-0.1, -0.05) is 36.4 Å². The Hall–Kier alpha value is -4.65. The van der Waals surface area contributed by atoms with Crippen molar-refractivity contribution in [3.63, 3.8) is 0 Å². The second-order valence-electron chi connectivity index (χ2n) is 7.73. The molecule has 0 atom stereocenters. The predicted molar refractivity (Wildman–Crippen MR) is 126 cm³/mol. The molecule has 5 aromatic rings. The first-order valence-corrected chi connectivity index (χ1v) is 10.2. The maximum atomic E-state index is 12.7. The number of pyridine rings is 1. The molecule has 0 amide bonds. The van der Waals surface area contributed by atoms with Crippen LogP contribution in [-0.2, 0) is 0 Å². The minimum Gasteiger partial charge on any atom is -0.508 e. The molecule has 0 bridgehead atoms. The van der Waals surface area contributed by atoms with E-state index < -0.39 is 0 Å². The molecule has 7 nitrogen and oxygen atoms in total. The number of hydrogen-bond donors (Lipinski definition) is 4. The lowest BCUT2D eigenvalue weighted by Gasteiger charge is -2.11. The maximum absolute atomic E-state index is 12.7. The average Bonchev–Trinajstić information content (AvgIpc) is 2.80. The van der Waals surface area contributed by atoms with Gasteiger partial charge in [0, 0.05) is 16.7 Å². The molecule has 0 aliphatic heterocycles. The number of hydrogen-bond acceptors (Lipinski definition) is 6. The van der Waals surface area contributed by atoms with Crippen LogP contribution in [0.25, 0.3) is 44.5 Å². The van der Waals surface area contributed by atoms with Gasteiger partial charge >= 0.3 is 0 Å². The largest absolute Gasteiger partial charge is 0.508 e. The topological polar surface area (TPSA) is 119 Å². The fourth-order valence-corrected chi connectivity index (χ4v) is 3.84. The van der Waals surface area contributed by atoms with Crippen LogP contribution < -0.4 is 5.56 Å². The van der Waals surface area contributed by atoms with E-state index in [9.17, 15) is 20.1 Å². The number of H-pyrrole nitrogens is 1. The van der Waals surface area contributed by atoms with Crippen molar-refractivity contribution in [1.82, 2.24) is 15.0 Å². The fourth-order valence-electron chi connectivity index (χ4n) is 3.84. The molecule has 2 aromatic heterocycles. The molecule has 0 aliphatic rings. The summed E-state index contributed by atoms with van der Waals surface area (Å²) in [5.74, 6) is 0.723. The first-order valence-electron chi connectivity index (χ1n) is 10.2. The molecule has 0 saturated heterocycles. The fraction of sp³-hybridized carbons (Fsp3) is 0.0385. The van der Waals surface area contributed by atoms with Gasteiger partial charge in [-0.3, -0.25) is 4.79 Å². The Bertz CT molecular complexity index is 1560. The number of phenols is 3. The van der Waals surface area contributed by atoms with Gasteiger partial charge in [0.15, 0.2) is 5.65 Å². The van der Waals surface area contributed by atoms with E-state index in [4.69, 9.17) is 0 Å². The van der Waals surface area contributed by atoms with Gasteiger partial charge in [0.2, 0.25) is 0 Å². The van der Waals surface area contributed by atoms with Gasteiger partial charge in [-0.25, -0.2) is 9.97 Å². The van der Waals surface area contributed by atoms with Crippen LogP contribution >= 0.6 is 0 Å². The molecule has 4 N–H and O–H groups in total. The number of aromatic hydroxyl groups is 3. The van der Waals surface area contributed by atoms with Gasteiger partial charge in [-0.15, -0.1) is 0 Å². The number of phenolic OH excluding ortho intramolecular Hbond substituents is 3. The highest BCUT2D eigenvalue weighted by Crippen LogP contribution is 2.35. The number of aryl methyl sites for hydroxylation is 1. The Balaban J connectivity index is 1.68. The zero-order valence-corrected chi connectivity index (χ0v) is 17.6. The van der Waals surface area contributed by atoms with Gasteiger partial charge in [-0.2, -0.15) is 0 Å². The van der Waals surface area contributed by atoms with Gasteiger partial charge in [0.25, 0.3) is 5.56 Å². The number of aromatic amines is 1. The van der Waals surface area contributed by atoms with Crippen LogP contribution in [0.5, 0.6) is 17.2 Å². The highest BCUT2D eigenvalue weighted by atomic mass is 16.3. The van der Waals surface area contributed by atoms with Gasteiger partial charge in [0.1, 0.15) is 23.1 Å². The Morgan fingerprint density at radius 3 is 2.03 bits per heavy atom. The van der Waals surface area contributed by atoms with E-state index >= 15 is 0 Å². The Labute approximate surface area is 188 Å². The Morgan fingerprint density at radius 1 is 0.697 bits per heavy atom. The second kappa shape index (κ2) is 7.80. The summed E-state index contributed by atoms with van der Waals surface area (Å²) in [4.78, 5) is 24.5.